The molecule has 27 heavy (non-hydrogen) atoms. The second-order valence-electron chi connectivity index (χ2n) is 7.63. The molecule has 3 N–H and O–H groups in total. The van der Waals surface area contributed by atoms with E-state index in [1.54, 1.807) is 0 Å². The highest BCUT2D eigenvalue weighted by Gasteiger charge is 2.49. The van der Waals surface area contributed by atoms with E-state index in [9.17, 15) is 24.3 Å². The number of aliphatic hydroxyl groups is 1. The number of β-amino-alcohol motifs (C(OH)–C–C–N with tert-alkyl or cyclic N) is 1. The van der Waals surface area contributed by atoms with Crippen LogP contribution in [0, 0.1) is 0 Å². The third-order valence-corrected chi connectivity index (χ3v) is 6.74. The number of likely N-dealkylation sites (tertiary alicyclic amines) is 1. The first-order valence-corrected chi connectivity index (χ1v) is 11.5. The molecule has 2 rings (SSSR count). The number of rotatable bonds is 11. The Labute approximate surface area is 161 Å². The summed E-state index contributed by atoms with van der Waals surface area (Å²) in [5.41, 5.74) is 1.67. The van der Waals surface area contributed by atoms with Crippen molar-refractivity contribution in [3.8, 4) is 0 Å². The van der Waals surface area contributed by atoms with E-state index in [1.165, 1.54) is 25.7 Å². The van der Waals surface area contributed by atoms with Crippen molar-refractivity contribution >= 4 is 13.4 Å². The van der Waals surface area contributed by atoms with Crippen molar-refractivity contribution in [2.75, 3.05) is 13.1 Å². The molecule has 1 aliphatic heterocycles. The van der Waals surface area contributed by atoms with Gasteiger partial charge in [-0.3, -0.25) is 14.3 Å². The lowest BCUT2D eigenvalue weighted by Crippen LogP contribution is -2.32. The number of carbonyl (C=O) groups excluding carboxylic acids is 1. The summed E-state index contributed by atoms with van der Waals surface area (Å²) in [5, 5.41) is 8.15. The van der Waals surface area contributed by atoms with Crippen LogP contribution >= 0.6 is 7.60 Å². The molecule has 0 saturated carbocycles. The molecule has 6 nitrogen and oxygen atoms in total. The van der Waals surface area contributed by atoms with Crippen molar-refractivity contribution < 1.29 is 24.3 Å². The predicted molar refractivity (Wildman–Crippen MR) is 106 cm³/mol. The first-order chi connectivity index (χ1) is 12.7. The standard InChI is InChI=1S/C20H32NO5P/c1-2-3-4-5-6-7-8-19(22)18-11-9-17(10-12-18)15-21-14-13-20(23,16-21)27(24,25)26/h9-12,23H,2-8,13-16H2,1H3,(H2,24,25,26). The van der Waals surface area contributed by atoms with Crippen LogP contribution in [-0.4, -0.2) is 44.0 Å². The average molecular weight is 397 g/mol. The van der Waals surface area contributed by atoms with Gasteiger partial charge >= 0.3 is 7.60 Å². The molecule has 0 radical (unpaired) electrons. The van der Waals surface area contributed by atoms with Gasteiger partial charge in [0.05, 0.1) is 0 Å². The molecule has 0 aromatic heterocycles. The molecule has 1 saturated heterocycles. The first-order valence-electron chi connectivity index (χ1n) is 9.88. The van der Waals surface area contributed by atoms with Gasteiger partial charge in [0, 0.05) is 38.0 Å². The van der Waals surface area contributed by atoms with Crippen molar-refractivity contribution in [2.45, 2.75) is 70.2 Å². The number of hydrogen-bond donors (Lipinski definition) is 3. The summed E-state index contributed by atoms with van der Waals surface area (Å²) in [6.07, 6.45) is 7.59. The van der Waals surface area contributed by atoms with Gasteiger partial charge in [-0.2, -0.15) is 0 Å². The maximum absolute atomic E-state index is 12.3. The van der Waals surface area contributed by atoms with Crippen LogP contribution in [0.4, 0.5) is 0 Å². The Balaban J connectivity index is 1.78. The largest absolute Gasteiger partial charge is 0.376 e. The molecule has 1 fully saturated rings. The number of hydrogen-bond acceptors (Lipinski definition) is 4. The van der Waals surface area contributed by atoms with E-state index in [-0.39, 0.29) is 18.7 Å². The van der Waals surface area contributed by atoms with Crippen LogP contribution < -0.4 is 0 Å². The topological polar surface area (TPSA) is 98.1 Å². The molecule has 1 heterocycles. The molecular weight excluding hydrogens is 365 g/mol. The minimum Gasteiger partial charge on any atom is -0.376 e. The molecule has 0 bridgehead atoms. The Hall–Kier alpha value is -1.04. The van der Waals surface area contributed by atoms with Crippen LogP contribution in [0.5, 0.6) is 0 Å². The number of nitrogens with zero attached hydrogens (tertiary/aromatic N) is 1. The molecule has 7 heteroatoms. The van der Waals surface area contributed by atoms with E-state index in [4.69, 9.17) is 0 Å². The van der Waals surface area contributed by atoms with E-state index in [1.807, 2.05) is 29.2 Å². The number of carbonyl (C=O) groups is 1. The van der Waals surface area contributed by atoms with Crippen LogP contribution in [-0.2, 0) is 11.1 Å². The summed E-state index contributed by atoms with van der Waals surface area (Å²) in [5.74, 6) is 0.161. The number of unbranched alkanes of at least 4 members (excludes halogenated alkanes) is 5. The van der Waals surface area contributed by atoms with E-state index in [2.05, 4.69) is 6.92 Å². The SMILES string of the molecule is CCCCCCCCC(=O)c1ccc(CN2CCC(O)(P(=O)(O)O)C2)cc1. The Morgan fingerprint density at radius 2 is 1.74 bits per heavy atom. The van der Waals surface area contributed by atoms with Gasteiger partial charge in [-0.1, -0.05) is 63.3 Å². The highest BCUT2D eigenvalue weighted by Crippen LogP contribution is 2.53. The molecule has 1 aromatic rings. The molecule has 0 aliphatic carbocycles. The van der Waals surface area contributed by atoms with Gasteiger partial charge in [0.1, 0.15) is 0 Å². The van der Waals surface area contributed by atoms with E-state index in [0.29, 0.717) is 25.1 Å². The second-order valence-corrected chi connectivity index (χ2v) is 9.55. The highest BCUT2D eigenvalue weighted by atomic mass is 31.2. The number of Topliss-reactive ketones (excluding diaryl/α,β-unsaturated/α-hetero) is 1. The predicted octanol–water partition coefficient (Wildman–Crippen LogP) is 3.69. The van der Waals surface area contributed by atoms with Crippen LogP contribution in [0.2, 0.25) is 0 Å². The summed E-state index contributed by atoms with van der Waals surface area (Å²) < 4.78 is 11.4. The molecule has 0 spiro atoms. The van der Waals surface area contributed by atoms with Gasteiger partial charge in [-0.05, 0) is 12.0 Å². The molecule has 1 atom stereocenters. The van der Waals surface area contributed by atoms with E-state index < -0.39 is 12.9 Å². The molecular formula is C20H32NO5P. The Morgan fingerprint density at radius 3 is 2.33 bits per heavy atom. The van der Waals surface area contributed by atoms with Gasteiger partial charge in [0.2, 0.25) is 0 Å². The minimum atomic E-state index is -4.54. The number of benzene rings is 1. The van der Waals surface area contributed by atoms with Crippen LogP contribution in [0.1, 0.15) is 74.2 Å². The van der Waals surface area contributed by atoms with Gasteiger partial charge in [-0.25, -0.2) is 0 Å². The fraction of sp³-hybridized carbons (Fsp3) is 0.650. The lowest BCUT2D eigenvalue weighted by atomic mass is 10.0. The van der Waals surface area contributed by atoms with Gasteiger partial charge < -0.3 is 14.9 Å². The molecule has 1 aromatic carbocycles. The summed E-state index contributed by atoms with van der Waals surface area (Å²) in [6, 6.07) is 7.40. The Bertz CT molecular complexity index is 657. The van der Waals surface area contributed by atoms with Crippen LogP contribution in [0.3, 0.4) is 0 Å². The zero-order valence-corrected chi connectivity index (χ0v) is 17.0. The quantitative estimate of drug-likeness (QED) is 0.299. The maximum atomic E-state index is 12.3. The maximum Gasteiger partial charge on any atom is 0.358 e. The van der Waals surface area contributed by atoms with Crippen molar-refractivity contribution in [1.29, 1.82) is 0 Å². The van der Waals surface area contributed by atoms with Crippen LogP contribution in [0.15, 0.2) is 24.3 Å². The van der Waals surface area contributed by atoms with Gasteiger partial charge in [0.15, 0.2) is 11.1 Å². The van der Waals surface area contributed by atoms with E-state index in [0.717, 1.165) is 18.4 Å². The summed E-state index contributed by atoms with van der Waals surface area (Å²) in [4.78, 5) is 32.7. The molecule has 1 unspecified atom stereocenters. The van der Waals surface area contributed by atoms with E-state index >= 15 is 0 Å². The number of ketones is 1. The second kappa shape index (κ2) is 9.94. The van der Waals surface area contributed by atoms with Crippen molar-refractivity contribution in [3.05, 3.63) is 35.4 Å². The fourth-order valence-electron chi connectivity index (χ4n) is 3.49. The van der Waals surface area contributed by atoms with Gasteiger partial charge in [0.25, 0.3) is 0 Å². The Morgan fingerprint density at radius 1 is 1.11 bits per heavy atom. The molecule has 1 aliphatic rings. The molecule has 152 valence electrons. The van der Waals surface area contributed by atoms with Crippen molar-refractivity contribution in [2.24, 2.45) is 0 Å². The van der Waals surface area contributed by atoms with Crippen molar-refractivity contribution in [1.82, 2.24) is 4.90 Å². The highest BCUT2D eigenvalue weighted by molar-refractivity contribution is 7.53. The van der Waals surface area contributed by atoms with Crippen molar-refractivity contribution in [3.63, 3.8) is 0 Å². The first kappa shape index (κ1) is 22.3. The van der Waals surface area contributed by atoms with Crippen LogP contribution in [0.25, 0.3) is 0 Å². The summed E-state index contributed by atoms with van der Waals surface area (Å²) in [6.45, 7) is 3.07. The Kier molecular flexibility index (Phi) is 8.20. The summed E-state index contributed by atoms with van der Waals surface area (Å²) in [7, 11) is -4.54. The lowest BCUT2D eigenvalue weighted by molar-refractivity contribution is 0.0962. The third-order valence-electron chi connectivity index (χ3n) is 5.29. The lowest BCUT2D eigenvalue weighted by Gasteiger charge is -2.24. The third kappa shape index (κ3) is 6.51. The minimum absolute atomic E-state index is 0.0456. The normalized spacial score (nSPS) is 20.9. The molecule has 0 amide bonds. The summed E-state index contributed by atoms with van der Waals surface area (Å²) >= 11 is 0. The fourth-order valence-corrected chi connectivity index (χ4v) is 4.27. The average Bonchev–Trinajstić information content (AvgIpc) is 3.00. The van der Waals surface area contributed by atoms with Gasteiger partial charge in [-0.15, -0.1) is 0 Å². The zero-order valence-electron chi connectivity index (χ0n) is 16.1. The zero-order chi connectivity index (χ0) is 19.9. The smallest absolute Gasteiger partial charge is 0.358 e. The monoisotopic (exact) mass is 397 g/mol.